The fourth-order valence-electron chi connectivity index (χ4n) is 4.44. The van der Waals surface area contributed by atoms with Crippen LogP contribution in [0.2, 0.25) is 0 Å². The molecule has 0 radical (unpaired) electrons. The summed E-state index contributed by atoms with van der Waals surface area (Å²) in [7, 11) is 0. The van der Waals surface area contributed by atoms with Crippen LogP contribution in [0.5, 0.6) is 0 Å². The highest BCUT2D eigenvalue weighted by Crippen LogP contribution is 2.56. The SMILES string of the molecule is CC.CCN(CC)C(=O)C1(c2ccccc2)CC1CN1C(=O)c2ccccc2C1=O. The largest absolute Gasteiger partial charge is 0.342 e. The molecule has 0 N–H and O–H groups in total. The van der Waals surface area contributed by atoms with E-state index in [1.54, 1.807) is 24.3 Å². The summed E-state index contributed by atoms with van der Waals surface area (Å²) >= 11 is 0. The van der Waals surface area contributed by atoms with E-state index in [4.69, 9.17) is 0 Å². The molecule has 4 rings (SSSR count). The van der Waals surface area contributed by atoms with E-state index < -0.39 is 5.41 Å². The molecule has 2 aromatic rings. The lowest BCUT2D eigenvalue weighted by atomic mass is 9.91. The number of nitrogens with zero attached hydrogens (tertiary/aromatic N) is 2. The molecule has 0 aromatic heterocycles. The zero-order valence-corrected chi connectivity index (χ0v) is 18.2. The first-order chi connectivity index (χ1) is 14.5. The quantitative estimate of drug-likeness (QED) is 0.678. The molecule has 2 aliphatic rings. The first-order valence-electron chi connectivity index (χ1n) is 10.8. The third kappa shape index (κ3) is 3.42. The Morgan fingerprint density at radius 1 is 0.933 bits per heavy atom. The van der Waals surface area contributed by atoms with Gasteiger partial charge in [0.05, 0.1) is 16.5 Å². The fourth-order valence-corrected chi connectivity index (χ4v) is 4.44. The van der Waals surface area contributed by atoms with Gasteiger partial charge in [-0.1, -0.05) is 56.3 Å². The monoisotopic (exact) mass is 406 g/mol. The van der Waals surface area contributed by atoms with Crippen LogP contribution in [0.4, 0.5) is 0 Å². The van der Waals surface area contributed by atoms with E-state index in [0.717, 1.165) is 5.56 Å². The Morgan fingerprint density at radius 3 is 1.93 bits per heavy atom. The number of fused-ring (bicyclic) bond motifs is 1. The van der Waals surface area contributed by atoms with Gasteiger partial charge in [-0.25, -0.2) is 0 Å². The third-order valence-corrected chi connectivity index (χ3v) is 6.11. The summed E-state index contributed by atoms with van der Waals surface area (Å²) in [5.41, 5.74) is 1.22. The molecule has 5 heteroatoms. The van der Waals surface area contributed by atoms with E-state index in [9.17, 15) is 14.4 Å². The second-order valence-corrected chi connectivity index (χ2v) is 7.48. The molecule has 1 heterocycles. The second-order valence-electron chi connectivity index (χ2n) is 7.48. The van der Waals surface area contributed by atoms with Crippen molar-refractivity contribution >= 4 is 17.7 Å². The maximum atomic E-state index is 13.4. The van der Waals surface area contributed by atoms with Crippen molar-refractivity contribution in [2.45, 2.75) is 39.5 Å². The summed E-state index contributed by atoms with van der Waals surface area (Å²) < 4.78 is 0. The van der Waals surface area contributed by atoms with Gasteiger partial charge >= 0.3 is 0 Å². The zero-order valence-electron chi connectivity index (χ0n) is 18.2. The summed E-state index contributed by atoms with van der Waals surface area (Å²) in [6.45, 7) is 9.50. The van der Waals surface area contributed by atoms with E-state index >= 15 is 0 Å². The summed E-state index contributed by atoms with van der Waals surface area (Å²) in [4.78, 5) is 42.0. The van der Waals surface area contributed by atoms with Crippen LogP contribution < -0.4 is 0 Å². The number of carbonyl (C=O) groups is 3. The minimum absolute atomic E-state index is 0.0646. The Bertz CT molecular complexity index is 901. The fraction of sp³-hybridized carbons (Fsp3) is 0.400. The van der Waals surface area contributed by atoms with Crippen molar-refractivity contribution in [2.24, 2.45) is 5.92 Å². The molecule has 1 fully saturated rings. The maximum Gasteiger partial charge on any atom is 0.261 e. The smallest absolute Gasteiger partial charge is 0.261 e. The summed E-state index contributed by atoms with van der Waals surface area (Å²) in [6.07, 6.45) is 0.653. The van der Waals surface area contributed by atoms with Crippen LogP contribution in [0.3, 0.4) is 0 Å². The normalized spacial score (nSPS) is 21.6. The number of amides is 3. The molecule has 30 heavy (non-hydrogen) atoms. The van der Waals surface area contributed by atoms with Gasteiger partial charge in [-0.2, -0.15) is 0 Å². The molecule has 1 aliphatic heterocycles. The van der Waals surface area contributed by atoms with Crippen LogP contribution in [-0.4, -0.2) is 47.2 Å². The van der Waals surface area contributed by atoms with Gasteiger partial charge in [0.25, 0.3) is 11.8 Å². The number of rotatable bonds is 6. The minimum Gasteiger partial charge on any atom is -0.342 e. The Kier molecular flexibility index (Phi) is 6.40. The molecule has 2 unspecified atom stereocenters. The van der Waals surface area contributed by atoms with Crippen LogP contribution in [0.25, 0.3) is 0 Å². The predicted octanol–water partition coefficient (Wildman–Crippen LogP) is 4.14. The molecule has 2 aromatic carbocycles. The standard InChI is InChI=1S/C23H24N2O3.C2H6/c1-3-24(4-2)22(28)23(16-10-6-5-7-11-16)14-17(23)15-25-20(26)18-12-8-9-13-19(18)21(25)27;1-2/h5-13,17H,3-4,14-15H2,1-2H3;1-2H3. The summed E-state index contributed by atoms with van der Waals surface area (Å²) in [5.74, 6) is -0.495. The van der Waals surface area contributed by atoms with Gasteiger partial charge < -0.3 is 4.90 Å². The molecule has 0 saturated heterocycles. The second kappa shape index (κ2) is 8.82. The summed E-state index contributed by atoms with van der Waals surface area (Å²) in [6, 6.07) is 16.7. The van der Waals surface area contributed by atoms with E-state index in [-0.39, 0.29) is 30.2 Å². The highest BCUT2D eigenvalue weighted by Gasteiger charge is 2.63. The van der Waals surface area contributed by atoms with Crippen molar-refractivity contribution < 1.29 is 14.4 Å². The van der Waals surface area contributed by atoms with Gasteiger partial charge in [-0.05, 0) is 43.9 Å². The maximum absolute atomic E-state index is 13.4. The first kappa shape index (κ1) is 21.8. The van der Waals surface area contributed by atoms with Crippen LogP contribution in [0, 0.1) is 5.92 Å². The number of carbonyl (C=O) groups excluding carboxylic acids is 3. The first-order valence-corrected chi connectivity index (χ1v) is 10.8. The van der Waals surface area contributed by atoms with Crippen molar-refractivity contribution in [1.82, 2.24) is 9.80 Å². The molecular formula is C25H30N2O3. The zero-order chi connectivity index (χ0) is 21.9. The average Bonchev–Trinajstić information content (AvgIpc) is 3.49. The van der Waals surface area contributed by atoms with Crippen molar-refractivity contribution in [2.75, 3.05) is 19.6 Å². The van der Waals surface area contributed by atoms with Crippen molar-refractivity contribution in [3.8, 4) is 0 Å². The van der Waals surface area contributed by atoms with Crippen LogP contribution in [-0.2, 0) is 10.2 Å². The van der Waals surface area contributed by atoms with Crippen LogP contribution in [0.1, 0.15) is 60.4 Å². The molecule has 0 bridgehead atoms. The molecule has 2 atom stereocenters. The van der Waals surface area contributed by atoms with Gasteiger partial charge in [0.2, 0.25) is 5.91 Å². The molecule has 1 aliphatic carbocycles. The molecule has 158 valence electrons. The van der Waals surface area contributed by atoms with E-state index in [1.165, 1.54) is 4.90 Å². The van der Waals surface area contributed by atoms with Crippen molar-refractivity contribution in [3.63, 3.8) is 0 Å². The Labute approximate surface area is 178 Å². The predicted molar refractivity (Wildman–Crippen MR) is 117 cm³/mol. The van der Waals surface area contributed by atoms with Crippen molar-refractivity contribution in [3.05, 3.63) is 71.3 Å². The van der Waals surface area contributed by atoms with E-state index in [1.807, 2.05) is 62.9 Å². The molecule has 5 nitrogen and oxygen atoms in total. The number of imide groups is 1. The number of hydrogen-bond donors (Lipinski definition) is 0. The molecule has 1 saturated carbocycles. The summed E-state index contributed by atoms with van der Waals surface area (Å²) in [5, 5.41) is 0. The van der Waals surface area contributed by atoms with Gasteiger partial charge in [0, 0.05) is 19.6 Å². The average molecular weight is 407 g/mol. The van der Waals surface area contributed by atoms with Gasteiger partial charge in [-0.15, -0.1) is 0 Å². The van der Waals surface area contributed by atoms with Gasteiger partial charge in [0.15, 0.2) is 0 Å². The lowest BCUT2D eigenvalue weighted by Gasteiger charge is -2.27. The number of likely N-dealkylation sites (N-methyl/N-ethyl adjacent to an activating group) is 1. The Balaban J connectivity index is 0.00000124. The topological polar surface area (TPSA) is 57.7 Å². The van der Waals surface area contributed by atoms with Crippen LogP contribution >= 0.6 is 0 Å². The highest BCUT2D eigenvalue weighted by molar-refractivity contribution is 6.21. The van der Waals surface area contributed by atoms with Crippen molar-refractivity contribution in [1.29, 1.82) is 0 Å². The van der Waals surface area contributed by atoms with E-state index in [0.29, 0.717) is 30.6 Å². The molecule has 0 spiro atoms. The lowest BCUT2D eigenvalue weighted by molar-refractivity contribution is -0.134. The molecule has 3 amide bonds. The van der Waals surface area contributed by atoms with Gasteiger partial charge in [-0.3, -0.25) is 19.3 Å². The number of hydrogen-bond acceptors (Lipinski definition) is 3. The van der Waals surface area contributed by atoms with Crippen LogP contribution in [0.15, 0.2) is 54.6 Å². The van der Waals surface area contributed by atoms with Gasteiger partial charge in [0.1, 0.15) is 0 Å². The Hall–Kier alpha value is -2.95. The Morgan fingerprint density at radius 2 is 1.43 bits per heavy atom. The third-order valence-electron chi connectivity index (χ3n) is 6.11. The molecular weight excluding hydrogens is 376 g/mol. The minimum atomic E-state index is -0.650. The lowest BCUT2D eigenvalue weighted by Crippen LogP contribution is -2.42. The van der Waals surface area contributed by atoms with E-state index in [2.05, 4.69) is 0 Å². The highest BCUT2D eigenvalue weighted by atomic mass is 16.2. The number of benzene rings is 2.